The number of nitrogens with zero attached hydrogens (tertiary/aromatic N) is 1. The standard InChI is InChI=1S/C30H44N2O4/c1-4-14-30(34)36-24-26-19-20-28(32(2)3)27(23-26)31-29(33)18-11-6-5-7-12-21-35-22-13-17-25-15-9-8-10-16-25/h8-10,15-16,19-20,23H,4-7,11-14,17-18,21-22,24H2,1-3H3,(H,31,33). The fourth-order valence-corrected chi connectivity index (χ4v) is 3.96. The second-order valence-corrected chi connectivity index (χ2v) is 9.42. The highest BCUT2D eigenvalue weighted by Gasteiger charge is 2.11. The van der Waals surface area contributed by atoms with E-state index in [4.69, 9.17) is 9.47 Å². The molecule has 36 heavy (non-hydrogen) atoms. The highest BCUT2D eigenvalue weighted by Crippen LogP contribution is 2.26. The summed E-state index contributed by atoms with van der Waals surface area (Å²) in [6.45, 7) is 3.79. The first kappa shape index (κ1) is 29.4. The van der Waals surface area contributed by atoms with Crippen LogP contribution in [0.15, 0.2) is 48.5 Å². The number of esters is 1. The van der Waals surface area contributed by atoms with E-state index in [2.05, 4.69) is 29.6 Å². The summed E-state index contributed by atoms with van der Waals surface area (Å²) in [7, 11) is 3.89. The lowest BCUT2D eigenvalue weighted by atomic mass is 10.1. The van der Waals surface area contributed by atoms with Gasteiger partial charge in [0.15, 0.2) is 0 Å². The average molecular weight is 497 g/mol. The zero-order valence-corrected chi connectivity index (χ0v) is 22.4. The lowest BCUT2D eigenvalue weighted by molar-refractivity contribution is -0.145. The van der Waals surface area contributed by atoms with Crippen molar-refractivity contribution in [1.82, 2.24) is 0 Å². The summed E-state index contributed by atoms with van der Waals surface area (Å²) >= 11 is 0. The molecular formula is C30H44N2O4. The van der Waals surface area contributed by atoms with Gasteiger partial charge in [0.2, 0.25) is 5.91 Å². The molecule has 0 aliphatic heterocycles. The van der Waals surface area contributed by atoms with E-state index in [0.717, 1.165) is 81.5 Å². The van der Waals surface area contributed by atoms with Crippen molar-refractivity contribution in [3.8, 4) is 0 Å². The third-order valence-electron chi connectivity index (χ3n) is 5.96. The molecule has 0 saturated heterocycles. The molecule has 0 bridgehead atoms. The Morgan fingerprint density at radius 1 is 0.833 bits per heavy atom. The maximum atomic E-state index is 12.6. The SMILES string of the molecule is CCCC(=O)OCc1ccc(N(C)C)c(NC(=O)CCCCCCCOCCCc2ccccc2)c1. The highest BCUT2D eigenvalue weighted by molar-refractivity contribution is 5.94. The Bertz CT molecular complexity index is 899. The van der Waals surface area contributed by atoms with Crippen molar-refractivity contribution in [2.75, 3.05) is 37.5 Å². The number of amides is 1. The molecule has 0 unspecified atom stereocenters. The van der Waals surface area contributed by atoms with Gasteiger partial charge in [0.05, 0.1) is 11.4 Å². The van der Waals surface area contributed by atoms with E-state index in [-0.39, 0.29) is 18.5 Å². The maximum absolute atomic E-state index is 12.6. The van der Waals surface area contributed by atoms with Crippen LogP contribution < -0.4 is 10.2 Å². The molecule has 0 aliphatic carbocycles. The van der Waals surface area contributed by atoms with Crippen LogP contribution in [0.25, 0.3) is 0 Å². The van der Waals surface area contributed by atoms with Gasteiger partial charge in [0.25, 0.3) is 0 Å². The van der Waals surface area contributed by atoms with Crippen LogP contribution in [0.3, 0.4) is 0 Å². The van der Waals surface area contributed by atoms with Crippen molar-refractivity contribution >= 4 is 23.3 Å². The number of carbonyl (C=O) groups excluding carboxylic acids is 2. The number of aryl methyl sites for hydroxylation is 1. The third-order valence-corrected chi connectivity index (χ3v) is 5.96. The number of ether oxygens (including phenoxy) is 2. The topological polar surface area (TPSA) is 67.9 Å². The number of anilines is 2. The first-order chi connectivity index (χ1) is 17.5. The zero-order chi connectivity index (χ0) is 26.0. The smallest absolute Gasteiger partial charge is 0.306 e. The Hall–Kier alpha value is -2.86. The van der Waals surface area contributed by atoms with Crippen LogP contribution in [-0.2, 0) is 32.1 Å². The van der Waals surface area contributed by atoms with E-state index >= 15 is 0 Å². The van der Waals surface area contributed by atoms with Gasteiger partial charge >= 0.3 is 5.97 Å². The van der Waals surface area contributed by atoms with E-state index < -0.39 is 0 Å². The molecule has 0 atom stereocenters. The van der Waals surface area contributed by atoms with Crippen LogP contribution in [0.4, 0.5) is 11.4 Å². The van der Waals surface area contributed by atoms with Gasteiger partial charge in [0, 0.05) is 40.2 Å². The van der Waals surface area contributed by atoms with Gasteiger partial charge in [-0.15, -0.1) is 0 Å². The normalized spacial score (nSPS) is 10.8. The van der Waals surface area contributed by atoms with Gasteiger partial charge in [-0.2, -0.15) is 0 Å². The first-order valence-corrected chi connectivity index (χ1v) is 13.4. The van der Waals surface area contributed by atoms with Crippen LogP contribution in [0, 0.1) is 0 Å². The minimum Gasteiger partial charge on any atom is -0.461 e. The van der Waals surface area contributed by atoms with Crippen molar-refractivity contribution < 1.29 is 19.1 Å². The van der Waals surface area contributed by atoms with Crippen LogP contribution in [0.2, 0.25) is 0 Å². The zero-order valence-electron chi connectivity index (χ0n) is 22.4. The number of benzene rings is 2. The Morgan fingerprint density at radius 2 is 1.56 bits per heavy atom. The molecule has 0 radical (unpaired) electrons. The van der Waals surface area contributed by atoms with E-state index in [1.54, 1.807) is 0 Å². The highest BCUT2D eigenvalue weighted by atomic mass is 16.5. The van der Waals surface area contributed by atoms with Crippen LogP contribution in [-0.4, -0.2) is 39.2 Å². The molecule has 0 saturated carbocycles. The van der Waals surface area contributed by atoms with Crippen molar-refractivity contribution in [2.45, 2.75) is 77.7 Å². The van der Waals surface area contributed by atoms with Gasteiger partial charge in [-0.1, -0.05) is 62.6 Å². The third kappa shape index (κ3) is 12.2. The molecule has 0 heterocycles. The first-order valence-electron chi connectivity index (χ1n) is 13.4. The molecule has 2 aromatic rings. The Labute approximate surface area is 217 Å². The Kier molecular flexibility index (Phi) is 14.3. The lowest BCUT2D eigenvalue weighted by Gasteiger charge is -2.19. The summed E-state index contributed by atoms with van der Waals surface area (Å²) in [5, 5.41) is 3.05. The van der Waals surface area contributed by atoms with Crippen molar-refractivity contribution in [2.24, 2.45) is 0 Å². The molecule has 1 amide bonds. The summed E-state index contributed by atoms with van der Waals surface area (Å²) in [6, 6.07) is 16.3. The van der Waals surface area contributed by atoms with Gasteiger partial charge in [-0.05, 0) is 55.4 Å². The summed E-state index contributed by atoms with van der Waals surface area (Å²) in [4.78, 5) is 26.2. The summed E-state index contributed by atoms with van der Waals surface area (Å²) < 4.78 is 11.1. The number of hydrogen-bond donors (Lipinski definition) is 1. The Morgan fingerprint density at radius 3 is 2.31 bits per heavy atom. The number of rotatable bonds is 18. The van der Waals surface area contributed by atoms with E-state index in [1.807, 2.05) is 50.2 Å². The molecule has 6 heteroatoms. The second-order valence-electron chi connectivity index (χ2n) is 9.42. The minimum absolute atomic E-state index is 0.0139. The van der Waals surface area contributed by atoms with Crippen LogP contribution in [0.5, 0.6) is 0 Å². The quantitative estimate of drug-likeness (QED) is 0.188. The number of unbranched alkanes of at least 4 members (excludes halogenated alkanes) is 4. The number of carbonyl (C=O) groups is 2. The largest absolute Gasteiger partial charge is 0.461 e. The van der Waals surface area contributed by atoms with Gasteiger partial charge in [0.1, 0.15) is 6.61 Å². The van der Waals surface area contributed by atoms with E-state index in [0.29, 0.717) is 12.8 Å². The summed E-state index contributed by atoms with van der Waals surface area (Å²) in [5.41, 5.74) is 3.90. The fourth-order valence-electron chi connectivity index (χ4n) is 3.96. The lowest BCUT2D eigenvalue weighted by Crippen LogP contribution is -2.17. The molecule has 2 aromatic carbocycles. The average Bonchev–Trinajstić information content (AvgIpc) is 2.86. The van der Waals surface area contributed by atoms with Crippen LogP contribution in [0.1, 0.15) is 75.8 Å². The molecule has 0 spiro atoms. The molecular weight excluding hydrogens is 452 g/mol. The molecule has 0 aliphatic rings. The molecule has 198 valence electrons. The van der Waals surface area contributed by atoms with E-state index in [9.17, 15) is 9.59 Å². The predicted octanol–water partition coefficient (Wildman–Crippen LogP) is 6.52. The van der Waals surface area contributed by atoms with Crippen LogP contribution >= 0.6 is 0 Å². The van der Waals surface area contributed by atoms with E-state index in [1.165, 1.54) is 5.56 Å². The minimum atomic E-state index is -0.200. The maximum Gasteiger partial charge on any atom is 0.306 e. The fraction of sp³-hybridized carbons (Fsp3) is 0.533. The molecule has 1 N–H and O–H groups in total. The van der Waals surface area contributed by atoms with Crippen molar-refractivity contribution in [1.29, 1.82) is 0 Å². The van der Waals surface area contributed by atoms with Gasteiger partial charge in [-0.25, -0.2) is 0 Å². The predicted molar refractivity (Wildman–Crippen MR) is 147 cm³/mol. The number of nitrogens with one attached hydrogen (secondary N) is 1. The summed E-state index contributed by atoms with van der Waals surface area (Å²) in [5.74, 6) is -0.186. The van der Waals surface area contributed by atoms with Gasteiger partial charge in [-0.3, -0.25) is 9.59 Å². The van der Waals surface area contributed by atoms with Gasteiger partial charge < -0.3 is 19.7 Å². The molecule has 0 fully saturated rings. The molecule has 6 nitrogen and oxygen atoms in total. The second kappa shape index (κ2) is 17.6. The molecule has 2 rings (SSSR count). The Balaban J connectivity index is 1.58. The molecule has 0 aromatic heterocycles. The van der Waals surface area contributed by atoms with Crippen molar-refractivity contribution in [3.63, 3.8) is 0 Å². The number of hydrogen-bond acceptors (Lipinski definition) is 5. The van der Waals surface area contributed by atoms with Crippen molar-refractivity contribution in [3.05, 3.63) is 59.7 Å². The monoisotopic (exact) mass is 496 g/mol. The summed E-state index contributed by atoms with van der Waals surface area (Å²) in [6.07, 6.45) is 9.02.